The molecule has 0 radical (unpaired) electrons. The predicted molar refractivity (Wildman–Crippen MR) is 51.8 cm³/mol. The van der Waals surface area contributed by atoms with Crippen LogP contribution in [0.15, 0.2) is 0 Å². The van der Waals surface area contributed by atoms with E-state index in [2.05, 4.69) is 0 Å². The number of rotatable bonds is 0. The third-order valence-electron chi connectivity index (χ3n) is 0. The molecule has 14 N–H and O–H groups in total. The molecule has 0 saturated heterocycles. The largest absolute Gasteiger partial charge is 2.00 e. The maximum Gasteiger partial charge on any atom is 2.00 e. The molecule has 0 fully saturated rings. The molecule has 0 aromatic heterocycles. The van der Waals surface area contributed by atoms with Crippen LogP contribution in [-0.4, -0.2) is 71.6 Å². The molecular weight excluding hydrogens is 260 g/mol. The van der Waals surface area contributed by atoms with Crippen LogP contribution in [0.4, 0.5) is 0 Å². The quantitative estimate of drug-likeness (QED) is 0.234. The second kappa shape index (κ2) is 96.6. The summed E-state index contributed by atoms with van der Waals surface area (Å²) < 4.78 is 0. The van der Waals surface area contributed by atoms with E-state index in [4.69, 9.17) is 30.6 Å². The smallest absolute Gasteiger partial charge is 0.412 e. The Morgan fingerprint density at radius 1 is 0.500 bits per heavy atom. The van der Waals surface area contributed by atoms with Gasteiger partial charge in [-0.15, -0.1) is 0 Å². The molecule has 0 aliphatic rings. The summed E-state index contributed by atoms with van der Waals surface area (Å²) in [6, 6.07) is 0. The molecule has 0 aromatic carbocycles. The van der Waals surface area contributed by atoms with E-state index < -0.39 is 10.2 Å². The Bertz CT molecular complexity index is 71.9. The molecule has 0 heterocycles. The van der Waals surface area contributed by atoms with Gasteiger partial charge < -0.3 is 69.0 Å². The van der Waals surface area contributed by atoms with E-state index in [1.807, 2.05) is 0 Å². The van der Waals surface area contributed by atoms with Crippen molar-refractivity contribution in [1.29, 1.82) is 0 Å². The van der Waals surface area contributed by atoms with Crippen molar-refractivity contribution in [3.8, 4) is 0 Å². The molecule has 0 spiro atoms. The van der Waals surface area contributed by atoms with Crippen molar-refractivity contribution in [3.63, 3.8) is 0 Å². The summed E-state index contributed by atoms with van der Waals surface area (Å²) in [4.78, 5) is 16.5. The van der Waals surface area contributed by atoms with E-state index in [0.29, 0.717) is 0 Å². The zero-order chi connectivity index (χ0) is 7.15. The Balaban J connectivity index is -0.00000000375. The van der Waals surface area contributed by atoms with Crippen molar-refractivity contribution < 1.29 is 48.5 Å². The SMILES string of the molecule is O.O.O.O.O.O.O.O=[N+]([O-])[O-].O=[N+]([O-])[O-].[Mg+2]. The summed E-state index contributed by atoms with van der Waals surface area (Å²) in [5, 5.41) is 29.5. The van der Waals surface area contributed by atoms with Gasteiger partial charge in [-0.2, -0.15) is 0 Å². The minimum Gasteiger partial charge on any atom is -0.412 e. The van der Waals surface area contributed by atoms with E-state index in [9.17, 15) is 0 Å². The Morgan fingerprint density at radius 2 is 0.500 bits per heavy atom. The van der Waals surface area contributed by atoms with Crippen LogP contribution >= 0.6 is 0 Å². The molecule has 0 aliphatic carbocycles. The summed E-state index contributed by atoms with van der Waals surface area (Å²) in [6.45, 7) is 0. The van der Waals surface area contributed by atoms with Gasteiger partial charge in [-0.3, -0.25) is 0 Å². The van der Waals surface area contributed by atoms with Gasteiger partial charge in [0.1, 0.15) is 0 Å². The van der Waals surface area contributed by atoms with Crippen LogP contribution in [0.1, 0.15) is 0 Å². The number of hydrogen-bond donors (Lipinski definition) is 0. The summed E-state index contributed by atoms with van der Waals surface area (Å²) in [5.41, 5.74) is 0. The van der Waals surface area contributed by atoms with E-state index in [1.165, 1.54) is 0 Å². The van der Waals surface area contributed by atoms with Crippen molar-refractivity contribution in [3.05, 3.63) is 30.6 Å². The van der Waals surface area contributed by atoms with Gasteiger partial charge in [0.2, 0.25) is 0 Å². The van der Waals surface area contributed by atoms with Gasteiger partial charge in [-0.05, 0) is 0 Å². The summed E-state index contributed by atoms with van der Waals surface area (Å²) in [5.74, 6) is 0. The van der Waals surface area contributed by atoms with E-state index in [-0.39, 0.29) is 61.4 Å². The summed E-state index contributed by atoms with van der Waals surface area (Å²) in [6.07, 6.45) is 0. The fourth-order valence-electron chi connectivity index (χ4n) is 0. The Morgan fingerprint density at radius 3 is 0.500 bits per heavy atom. The zero-order valence-electron chi connectivity index (χ0n) is 7.55. The molecule has 104 valence electrons. The molecule has 0 rings (SSSR count). The van der Waals surface area contributed by atoms with Crippen molar-refractivity contribution >= 4 is 23.1 Å². The molecule has 0 bridgehead atoms. The number of hydrogen-bond acceptors (Lipinski definition) is 6. The van der Waals surface area contributed by atoms with E-state index in [0.717, 1.165) is 0 Å². The Kier molecular flexibility index (Phi) is 726. The first-order valence-corrected chi connectivity index (χ1v) is 1.10. The van der Waals surface area contributed by atoms with Crippen molar-refractivity contribution in [2.45, 2.75) is 0 Å². The molecule has 16 heavy (non-hydrogen) atoms. The average molecular weight is 274 g/mol. The molecular formula is H14MgN2O13. The van der Waals surface area contributed by atoms with Crippen LogP contribution in [0.5, 0.6) is 0 Å². The van der Waals surface area contributed by atoms with Crippen LogP contribution in [0.25, 0.3) is 0 Å². The Hall–Kier alpha value is -1.11. The molecule has 16 heteroatoms. The minimum absolute atomic E-state index is 0. The average Bonchev–Trinajstić information content (AvgIpc) is 1.25. The van der Waals surface area contributed by atoms with Crippen molar-refractivity contribution in [1.82, 2.24) is 0 Å². The second-order valence-electron chi connectivity index (χ2n) is 0.447. The summed E-state index contributed by atoms with van der Waals surface area (Å²) in [7, 11) is 0. The van der Waals surface area contributed by atoms with Gasteiger partial charge in [0, 0.05) is 0 Å². The van der Waals surface area contributed by atoms with Gasteiger partial charge in [0.15, 0.2) is 0 Å². The van der Waals surface area contributed by atoms with E-state index >= 15 is 0 Å². The minimum atomic E-state index is -1.75. The number of nitrogens with zero attached hydrogens (tertiary/aromatic N) is 2. The van der Waals surface area contributed by atoms with Crippen molar-refractivity contribution in [2.24, 2.45) is 0 Å². The zero-order valence-corrected chi connectivity index (χ0v) is 8.97. The summed E-state index contributed by atoms with van der Waals surface area (Å²) >= 11 is 0. The molecule has 15 nitrogen and oxygen atoms in total. The predicted octanol–water partition coefficient (Wildman–Crippen LogP) is -6.63. The topological polar surface area (TPSA) is 353 Å². The van der Waals surface area contributed by atoms with Gasteiger partial charge >= 0.3 is 23.1 Å². The van der Waals surface area contributed by atoms with Crippen LogP contribution < -0.4 is 0 Å². The molecule has 0 amide bonds. The molecule has 0 saturated carbocycles. The fraction of sp³-hybridized carbons (Fsp3) is 0. The Labute approximate surface area is 103 Å². The first-order chi connectivity index (χ1) is 3.46. The van der Waals surface area contributed by atoms with Crippen LogP contribution in [-0.2, 0) is 0 Å². The monoisotopic (exact) mass is 274 g/mol. The van der Waals surface area contributed by atoms with Crippen LogP contribution in [0.3, 0.4) is 0 Å². The first kappa shape index (κ1) is 120. The van der Waals surface area contributed by atoms with Crippen LogP contribution in [0, 0.1) is 30.6 Å². The first-order valence-electron chi connectivity index (χ1n) is 1.10. The van der Waals surface area contributed by atoms with Crippen LogP contribution in [0.2, 0.25) is 0 Å². The van der Waals surface area contributed by atoms with Gasteiger partial charge in [-0.1, -0.05) is 0 Å². The van der Waals surface area contributed by atoms with Gasteiger partial charge in [-0.25, -0.2) is 0 Å². The molecule has 0 atom stereocenters. The third kappa shape index (κ3) is 1470. The molecule has 0 aromatic rings. The van der Waals surface area contributed by atoms with E-state index in [1.54, 1.807) is 0 Å². The van der Waals surface area contributed by atoms with Gasteiger partial charge in [0.25, 0.3) is 0 Å². The molecule has 0 unspecified atom stereocenters. The maximum absolute atomic E-state index is 8.25. The van der Waals surface area contributed by atoms with Gasteiger partial charge in [0.05, 0.1) is 10.2 Å². The standard InChI is InChI=1S/Mg.2NO3.7H2O/c;2*2-1(3)4;;;;;;;/h;;;7*1H2/q+2;2*-1;;;;;;;. The molecule has 0 aliphatic heterocycles. The fourth-order valence-corrected chi connectivity index (χ4v) is 0. The second-order valence-corrected chi connectivity index (χ2v) is 0.447. The normalized spacial score (nSPS) is 3.00. The van der Waals surface area contributed by atoms with Crippen molar-refractivity contribution in [2.75, 3.05) is 0 Å². The maximum atomic E-state index is 8.25. The third-order valence-corrected chi connectivity index (χ3v) is 0.